The van der Waals surface area contributed by atoms with Crippen molar-refractivity contribution in [2.24, 2.45) is 0 Å². The van der Waals surface area contributed by atoms with Gasteiger partial charge in [0.25, 0.3) is 0 Å². The van der Waals surface area contributed by atoms with Gasteiger partial charge in [0.2, 0.25) is 0 Å². The quantitative estimate of drug-likeness (QED) is 0.312. The summed E-state index contributed by atoms with van der Waals surface area (Å²) in [6, 6.07) is 10.8. The molecule has 0 atom stereocenters. The Kier molecular flexibility index (Phi) is 3.09. The zero-order valence-corrected chi connectivity index (χ0v) is 13.7. The van der Waals surface area contributed by atoms with Gasteiger partial charge in [-0.1, -0.05) is 24.3 Å². The molecule has 1 aliphatic carbocycles. The zero-order chi connectivity index (χ0) is 12.3. The van der Waals surface area contributed by atoms with Gasteiger partial charge in [-0.3, -0.25) is 0 Å². The van der Waals surface area contributed by atoms with Crippen LogP contribution in [0, 0.1) is 13.8 Å². The molecule has 0 saturated heterocycles. The lowest BCUT2D eigenvalue weighted by molar-refractivity contribution is -0.526. The van der Waals surface area contributed by atoms with E-state index in [1.165, 1.54) is 27.4 Å². The molecule has 0 unspecified atom stereocenters. The molecule has 19 heavy (non-hydrogen) atoms. The summed E-state index contributed by atoms with van der Waals surface area (Å²) in [7, 11) is 0. The van der Waals surface area contributed by atoms with Crippen LogP contribution in [-0.4, -0.2) is 4.98 Å². The summed E-state index contributed by atoms with van der Waals surface area (Å²) < 4.78 is 2.31. The molecule has 2 heterocycles. The molecule has 0 fully saturated rings. The van der Waals surface area contributed by atoms with Crippen LogP contribution in [0.1, 0.15) is 22.6 Å². The van der Waals surface area contributed by atoms with E-state index in [-0.39, 0.29) is 24.0 Å². The number of fused-ring (bicyclic) bond motifs is 5. The van der Waals surface area contributed by atoms with Crippen LogP contribution in [0.4, 0.5) is 0 Å². The molecule has 3 aromatic rings. The Bertz CT molecular complexity index is 792. The Hall–Kier alpha value is -1.01. The first kappa shape index (κ1) is 13.0. The highest BCUT2D eigenvalue weighted by molar-refractivity contribution is 7.20. The number of halogens is 1. The van der Waals surface area contributed by atoms with Crippen LogP contribution in [-0.2, 0) is 6.42 Å². The van der Waals surface area contributed by atoms with Crippen molar-refractivity contribution in [3.63, 3.8) is 0 Å². The maximum absolute atomic E-state index is 4.65. The largest absolute Gasteiger partial charge is 1.00 e. The summed E-state index contributed by atoms with van der Waals surface area (Å²) in [5.74, 6) is 0. The monoisotopic (exact) mass is 380 g/mol. The lowest BCUT2D eigenvalue weighted by atomic mass is 10.1. The van der Waals surface area contributed by atoms with Crippen LogP contribution < -0.4 is 28.4 Å². The van der Waals surface area contributed by atoms with Crippen molar-refractivity contribution >= 4 is 16.3 Å². The van der Waals surface area contributed by atoms with Crippen molar-refractivity contribution in [1.29, 1.82) is 0 Å². The molecule has 1 aromatic carbocycles. The highest BCUT2D eigenvalue weighted by atomic mass is 127. The number of nitrogens with zero attached hydrogens (tertiary/aromatic N) is 2. The van der Waals surface area contributed by atoms with E-state index in [0.29, 0.717) is 0 Å². The first-order valence-electron chi connectivity index (χ1n) is 6.14. The second-order valence-electron chi connectivity index (χ2n) is 4.87. The highest BCUT2D eigenvalue weighted by Gasteiger charge is 2.29. The maximum atomic E-state index is 4.65. The van der Waals surface area contributed by atoms with Crippen molar-refractivity contribution in [2.45, 2.75) is 20.3 Å². The number of benzene rings is 1. The molecule has 0 radical (unpaired) electrons. The van der Waals surface area contributed by atoms with E-state index in [1.54, 1.807) is 0 Å². The minimum absolute atomic E-state index is 0. The van der Waals surface area contributed by atoms with E-state index in [9.17, 15) is 0 Å². The fourth-order valence-electron chi connectivity index (χ4n) is 2.85. The van der Waals surface area contributed by atoms with Crippen LogP contribution in [0.25, 0.3) is 15.4 Å². The number of aromatic nitrogens is 2. The number of hydrogen-bond acceptors (Lipinski definition) is 2. The summed E-state index contributed by atoms with van der Waals surface area (Å²) in [4.78, 5) is 7.17. The maximum Gasteiger partial charge on any atom is 0.388 e. The molecule has 4 heteroatoms. The van der Waals surface area contributed by atoms with E-state index >= 15 is 0 Å². The van der Waals surface area contributed by atoms with Gasteiger partial charge in [0.15, 0.2) is 5.69 Å². The first-order chi connectivity index (χ1) is 8.74. The molecule has 2 nitrogen and oxygen atoms in total. The van der Waals surface area contributed by atoms with Gasteiger partial charge >= 0.3 is 4.96 Å². The lowest BCUT2D eigenvalue weighted by Gasteiger charge is -1.96. The number of thiazole rings is 1. The molecule has 0 saturated carbocycles. The SMILES string of the molecule is Cc1cc(C)[n+]2c3c(sc2n1)-c1ccccc1C3.[I-]. The van der Waals surface area contributed by atoms with Gasteiger partial charge in [-0.25, -0.2) is 0 Å². The van der Waals surface area contributed by atoms with Gasteiger partial charge in [-0.15, -0.1) is 0 Å². The Morgan fingerprint density at radius 3 is 2.84 bits per heavy atom. The van der Waals surface area contributed by atoms with E-state index in [2.05, 4.69) is 53.6 Å². The van der Waals surface area contributed by atoms with Gasteiger partial charge < -0.3 is 24.0 Å². The minimum atomic E-state index is 0. The predicted molar refractivity (Wildman–Crippen MR) is 73.0 cm³/mol. The van der Waals surface area contributed by atoms with Crippen LogP contribution in [0.5, 0.6) is 0 Å². The van der Waals surface area contributed by atoms with Gasteiger partial charge in [-0.2, -0.15) is 4.40 Å². The molecule has 0 N–H and O–H groups in total. The Morgan fingerprint density at radius 2 is 2.00 bits per heavy atom. The van der Waals surface area contributed by atoms with Gasteiger partial charge in [0.05, 0.1) is 4.88 Å². The van der Waals surface area contributed by atoms with Crippen molar-refractivity contribution in [2.75, 3.05) is 0 Å². The first-order valence-corrected chi connectivity index (χ1v) is 6.95. The van der Waals surface area contributed by atoms with E-state index in [4.69, 9.17) is 0 Å². The molecule has 0 bridgehead atoms. The van der Waals surface area contributed by atoms with E-state index in [1.807, 2.05) is 11.3 Å². The number of hydrogen-bond donors (Lipinski definition) is 0. The molecular weight excluding hydrogens is 367 g/mol. The van der Waals surface area contributed by atoms with Crippen molar-refractivity contribution in [3.05, 3.63) is 53.0 Å². The van der Waals surface area contributed by atoms with Crippen LogP contribution in [0.15, 0.2) is 30.3 Å². The average molecular weight is 380 g/mol. The van der Waals surface area contributed by atoms with Gasteiger partial charge in [-0.05, 0) is 34.4 Å². The summed E-state index contributed by atoms with van der Waals surface area (Å²) in [6.45, 7) is 4.23. The van der Waals surface area contributed by atoms with E-state index in [0.717, 1.165) is 17.1 Å². The fraction of sp³-hybridized carbons (Fsp3) is 0.200. The highest BCUT2D eigenvalue weighted by Crippen LogP contribution is 2.39. The zero-order valence-electron chi connectivity index (χ0n) is 10.8. The Balaban J connectivity index is 0.00000110. The van der Waals surface area contributed by atoms with Gasteiger partial charge in [0.1, 0.15) is 11.4 Å². The van der Waals surface area contributed by atoms with Gasteiger partial charge in [0, 0.05) is 19.4 Å². The molecule has 4 rings (SSSR count). The second kappa shape index (κ2) is 4.52. The van der Waals surface area contributed by atoms with Crippen molar-refractivity contribution in [1.82, 2.24) is 4.98 Å². The smallest absolute Gasteiger partial charge is 0.388 e. The summed E-state index contributed by atoms with van der Waals surface area (Å²) in [5, 5.41) is 0. The average Bonchev–Trinajstić information content (AvgIpc) is 2.83. The molecule has 0 amide bonds. The summed E-state index contributed by atoms with van der Waals surface area (Å²) in [6.07, 6.45) is 1.03. The molecule has 1 aliphatic rings. The lowest BCUT2D eigenvalue weighted by Crippen LogP contribution is -3.00. The van der Waals surface area contributed by atoms with E-state index < -0.39 is 0 Å². The standard InChI is InChI=1S/C15H13N2S.HI/c1-9-7-10(2)17-13-8-11-5-3-4-6-12(11)14(13)18-15(17)16-9;/h3-7H,8H2,1-2H3;1H/q+1;/p-1. The third kappa shape index (κ3) is 1.80. The Morgan fingerprint density at radius 1 is 1.21 bits per heavy atom. The number of rotatable bonds is 0. The van der Waals surface area contributed by atoms with Crippen LogP contribution in [0.3, 0.4) is 0 Å². The second-order valence-corrected chi connectivity index (χ2v) is 5.85. The topological polar surface area (TPSA) is 17.0 Å². The molecule has 96 valence electrons. The fourth-order valence-corrected chi connectivity index (χ4v) is 4.15. The normalized spacial score (nSPS) is 12.1. The van der Waals surface area contributed by atoms with Crippen LogP contribution >= 0.6 is 11.3 Å². The number of aryl methyl sites for hydroxylation is 2. The molecule has 2 aromatic heterocycles. The van der Waals surface area contributed by atoms with Crippen molar-refractivity contribution in [3.8, 4) is 10.4 Å². The third-order valence-electron chi connectivity index (χ3n) is 3.58. The molecular formula is C15H13IN2S. The molecule has 0 spiro atoms. The third-order valence-corrected chi connectivity index (χ3v) is 4.70. The van der Waals surface area contributed by atoms with Crippen molar-refractivity contribution < 1.29 is 28.4 Å². The summed E-state index contributed by atoms with van der Waals surface area (Å²) >= 11 is 1.81. The predicted octanol–water partition coefficient (Wildman–Crippen LogP) is 0.0738. The molecule has 0 aliphatic heterocycles. The van der Waals surface area contributed by atoms with Crippen LogP contribution in [0.2, 0.25) is 0 Å². The Labute approximate surface area is 133 Å². The minimum Gasteiger partial charge on any atom is -1.00 e. The summed E-state index contributed by atoms with van der Waals surface area (Å²) in [5.41, 5.74) is 6.61.